The van der Waals surface area contributed by atoms with E-state index < -0.39 is 28.9 Å². The maximum absolute atomic E-state index is 13.7. The molecule has 5 nitrogen and oxygen atoms in total. The molecule has 2 rings (SSSR count). The van der Waals surface area contributed by atoms with Crippen molar-refractivity contribution < 1.29 is 32.9 Å². The molecule has 0 atom stereocenters. The van der Waals surface area contributed by atoms with Crippen molar-refractivity contribution in [3.63, 3.8) is 0 Å². The van der Waals surface area contributed by atoms with E-state index in [2.05, 4.69) is 0 Å². The van der Waals surface area contributed by atoms with Crippen LogP contribution in [0.25, 0.3) is 0 Å². The van der Waals surface area contributed by atoms with E-state index >= 15 is 0 Å². The maximum Gasteiger partial charge on any atom is 0.200 e. The smallest absolute Gasteiger partial charge is 0.200 e. The molecule has 0 unspecified atom stereocenters. The van der Waals surface area contributed by atoms with Gasteiger partial charge in [-0.05, 0) is 24.3 Å². The number of hydrogen-bond acceptors (Lipinski definition) is 5. The van der Waals surface area contributed by atoms with Crippen molar-refractivity contribution in [1.82, 2.24) is 0 Å². The summed E-state index contributed by atoms with van der Waals surface area (Å²) in [7, 11) is 3.64. The van der Waals surface area contributed by atoms with Crippen LogP contribution >= 0.6 is 0 Å². The lowest BCUT2D eigenvalue weighted by Gasteiger charge is -2.14. The van der Waals surface area contributed by atoms with Crippen LogP contribution in [0.2, 0.25) is 0 Å². The van der Waals surface area contributed by atoms with Gasteiger partial charge in [0.25, 0.3) is 0 Å². The minimum absolute atomic E-state index is 0.0466. The summed E-state index contributed by atoms with van der Waals surface area (Å²) in [5.74, 6) is -3.69. The lowest BCUT2D eigenvalue weighted by molar-refractivity contribution is 0.103. The van der Waals surface area contributed by atoms with Crippen molar-refractivity contribution in [1.29, 1.82) is 0 Å². The lowest BCUT2D eigenvalue weighted by Crippen LogP contribution is -2.07. The second-order valence-electron chi connectivity index (χ2n) is 4.47. The van der Waals surface area contributed by atoms with Gasteiger partial charge in [0, 0.05) is 0 Å². The van der Waals surface area contributed by atoms with Gasteiger partial charge in [-0.15, -0.1) is 0 Å². The Hall–Kier alpha value is -2.83. The number of hydrogen-bond donors (Lipinski definition) is 1. The van der Waals surface area contributed by atoms with E-state index in [1.807, 2.05) is 0 Å². The van der Waals surface area contributed by atoms with Crippen molar-refractivity contribution in [2.45, 2.75) is 0 Å². The summed E-state index contributed by atoms with van der Waals surface area (Å²) in [5.41, 5.74) is -0.259. The van der Waals surface area contributed by atoms with Crippen LogP contribution in [0, 0.1) is 11.6 Å². The summed E-state index contributed by atoms with van der Waals surface area (Å²) in [6, 6.07) is 4.31. The highest BCUT2D eigenvalue weighted by Crippen LogP contribution is 2.38. The van der Waals surface area contributed by atoms with Gasteiger partial charge in [0.2, 0.25) is 5.78 Å². The van der Waals surface area contributed by atoms with Crippen molar-refractivity contribution in [3.05, 3.63) is 47.0 Å². The predicted octanol–water partition coefficient (Wildman–Crippen LogP) is 2.93. The second-order valence-corrected chi connectivity index (χ2v) is 4.47. The molecule has 0 aliphatic carbocycles. The summed E-state index contributed by atoms with van der Waals surface area (Å²) in [6.45, 7) is 0. The van der Waals surface area contributed by atoms with E-state index in [9.17, 15) is 18.7 Å². The first kappa shape index (κ1) is 16.5. The third kappa shape index (κ3) is 2.77. The Morgan fingerprint density at radius 1 is 0.826 bits per heavy atom. The number of benzene rings is 2. The van der Waals surface area contributed by atoms with Crippen molar-refractivity contribution in [3.8, 4) is 23.0 Å². The molecule has 7 heteroatoms. The highest BCUT2D eigenvalue weighted by atomic mass is 19.1. The zero-order chi connectivity index (χ0) is 17.1. The molecule has 0 heterocycles. The summed E-state index contributed by atoms with van der Waals surface area (Å²) < 4.78 is 41.9. The standard InChI is InChI=1S/C16H14F2O5/c1-21-14-9(5-7-11(18)16(14)23-3)12(19)8-4-6-10(17)15(22-2)13(8)20/h4-7,20H,1-3H3. The van der Waals surface area contributed by atoms with Crippen molar-refractivity contribution in [2.75, 3.05) is 21.3 Å². The van der Waals surface area contributed by atoms with E-state index in [1.54, 1.807) is 0 Å². The third-order valence-electron chi connectivity index (χ3n) is 3.25. The highest BCUT2D eigenvalue weighted by Gasteiger charge is 2.25. The molecule has 1 N–H and O–H groups in total. The Bertz CT molecular complexity index is 759. The number of methoxy groups -OCH3 is 3. The molecule has 2 aromatic carbocycles. The Morgan fingerprint density at radius 2 is 1.30 bits per heavy atom. The van der Waals surface area contributed by atoms with Crippen molar-refractivity contribution in [2.24, 2.45) is 0 Å². The van der Waals surface area contributed by atoms with Crippen LogP contribution in [-0.4, -0.2) is 32.2 Å². The molecule has 2 aromatic rings. The fourth-order valence-electron chi connectivity index (χ4n) is 2.18. The minimum Gasteiger partial charge on any atom is -0.504 e. The average Bonchev–Trinajstić information content (AvgIpc) is 2.54. The molecule has 0 aliphatic heterocycles. The van der Waals surface area contributed by atoms with Crippen molar-refractivity contribution >= 4 is 5.78 Å². The summed E-state index contributed by atoms with van der Waals surface area (Å²) in [4.78, 5) is 12.6. The first-order valence-electron chi connectivity index (χ1n) is 6.46. The normalized spacial score (nSPS) is 10.3. The van der Waals surface area contributed by atoms with E-state index in [-0.39, 0.29) is 22.6 Å². The number of halogens is 2. The second kappa shape index (κ2) is 6.51. The topological polar surface area (TPSA) is 65.0 Å². The number of phenols is 1. The lowest BCUT2D eigenvalue weighted by atomic mass is 10.0. The van der Waals surface area contributed by atoms with E-state index in [0.717, 1.165) is 25.3 Å². The maximum atomic E-state index is 13.7. The Balaban J connectivity index is 2.63. The summed E-state index contributed by atoms with van der Waals surface area (Å²) in [5, 5.41) is 10.0. The quantitative estimate of drug-likeness (QED) is 0.857. The number of carbonyl (C=O) groups excluding carboxylic acids is 1. The van der Waals surface area contributed by atoms with Gasteiger partial charge >= 0.3 is 0 Å². The molecule has 0 saturated heterocycles. The molecule has 0 aromatic heterocycles. The summed E-state index contributed by atoms with van der Waals surface area (Å²) >= 11 is 0. The first-order valence-corrected chi connectivity index (χ1v) is 6.46. The fourth-order valence-corrected chi connectivity index (χ4v) is 2.18. The van der Waals surface area contributed by atoms with Gasteiger partial charge in [-0.3, -0.25) is 4.79 Å². The largest absolute Gasteiger partial charge is 0.504 e. The Morgan fingerprint density at radius 3 is 1.83 bits per heavy atom. The van der Waals surface area contributed by atoms with E-state index in [0.29, 0.717) is 0 Å². The molecule has 0 bridgehead atoms. The number of carbonyl (C=O) groups is 1. The van der Waals surface area contributed by atoms with Crippen LogP contribution in [0.15, 0.2) is 24.3 Å². The molecule has 0 spiro atoms. The average molecular weight is 324 g/mol. The SMILES string of the molecule is COc1c(F)ccc(C(=O)c2ccc(F)c(OC)c2OC)c1O. The monoisotopic (exact) mass is 324 g/mol. The van der Waals surface area contributed by atoms with Gasteiger partial charge < -0.3 is 19.3 Å². The van der Waals surface area contributed by atoms with Crippen LogP contribution in [0.3, 0.4) is 0 Å². The zero-order valence-corrected chi connectivity index (χ0v) is 12.6. The summed E-state index contributed by atoms with van der Waals surface area (Å²) in [6.07, 6.45) is 0. The fraction of sp³-hybridized carbons (Fsp3) is 0.188. The Labute approximate surface area is 131 Å². The predicted molar refractivity (Wildman–Crippen MR) is 77.6 cm³/mol. The molecule has 0 saturated carbocycles. The molecular weight excluding hydrogens is 310 g/mol. The number of ether oxygens (including phenoxy) is 3. The minimum atomic E-state index is -0.815. The van der Waals surface area contributed by atoms with Crippen LogP contribution in [0.5, 0.6) is 23.0 Å². The number of rotatable bonds is 5. The third-order valence-corrected chi connectivity index (χ3v) is 3.25. The molecular formula is C16H14F2O5. The van der Waals surface area contributed by atoms with Gasteiger partial charge in [0.1, 0.15) is 0 Å². The Kier molecular flexibility index (Phi) is 4.68. The van der Waals surface area contributed by atoms with E-state index in [1.165, 1.54) is 20.3 Å². The number of phenolic OH excluding ortho intramolecular Hbond substituents is 1. The molecule has 0 aliphatic rings. The molecule has 0 amide bonds. The van der Waals surface area contributed by atoms with Gasteiger partial charge in [-0.2, -0.15) is 0 Å². The van der Waals surface area contributed by atoms with Gasteiger partial charge in [0.15, 0.2) is 34.6 Å². The van der Waals surface area contributed by atoms with Crippen LogP contribution < -0.4 is 14.2 Å². The molecule has 0 fully saturated rings. The van der Waals surface area contributed by atoms with Gasteiger partial charge in [-0.25, -0.2) is 8.78 Å². The molecule has 122 valence electrons. The van der Waals surface area contributed by atoms with Gasteiger partial charge in [-0.1, -0.05) is 0 Å². The number of aromatic hydroxyl groups is 1. The van der Waals surface area contributed by atoms with Crippen LogP contribution in [-0.2, 0) is 0 Å². The molecule has 23 heavy (non-hydrogen) atoms. The number of ketones is 1. The van der Waals surface area contributed by atoms with Crippen LogP contribution in [0.4, 0.5) is 8.78 Å². The first-order chi connectivity index (χ1) is 11.0. The molecule has 0 radical (unpaired) electrons. The zero-order valence-electron chi connectivity index (χ0n) is 12.6. The highest BCUT2D eigenvalue weighted by molar-refractivity contribution is 6.13. The van der Waals surface area contributed by atoms with E-state index in [4.69, 9.17) is 14.2 Å². The van der Waals surface area contributed by atoms with Gasteiger partial charge in [0.05, 0.1) is 32.5 Å². The van der Waals surface area contributed by atoms with Crippen LogP contribution in [0.1, 0.15) is 15.9 Å².